The largest absolute Gasteiger partial charge is 0.336 e. The van der Waals surface area contributed by atoms with Gasteiger partial charge in [0.15, 0.2) is 5.65 Å². The number of imidazole rings is 1. The van der Waals surface area contributed by atoms with Gasteiger partial charge in [0, 0.05) is 31.3 Å². The molecule has 0 radical (unpaired) electrons. The molecule has 2 saturated carbocycles. The summed E-state index contributed by atoms with van der Waals surface area (Å²) >= 11 is 0. The Morgan fingerprint density at radius 2 is 1.80 bits per heavy atom. The van der Waals surface area contributed by atoms with Gasteiger partial charge >= 0.3 is 5.69 Å². The van der Waals surface area contributed by atoms with Gasteiger partial charge in [-0.1, -0.05) is 13.8 Å². The standard InChI is InChI=1S/C18H24N4O3/c1-3-7-21-16-14(17(24)22(8-4-2)18(21)25)19-15(20-16)13-10-5-6-11(13)12(23)9-10/h10-11,13H,3-9H2,1-2H3,(H,19,20). The van der Waals surface area contributed by atoms with Crippen LogP contribution in [-0.4, -0.2) is 24.9 Å². The van der Waals surface area contributed by atoms with Crippen molar-refractivity contribution in [2.24, 2.45) is 11.8 Å². The number of Topliss-reactive ketones (excluding diaryl/α,β-unsaturated/α-hetero) is 1. The molecule has 25 heavy (non-hydrogen) atoms. The minimum atomic E-state index is -0.301. The van der Waals surface area contributed by atoms with Crippen molar-refractivity contribution in [1.82, 2.24) is 19.1 Å². The van der Waals surface area contributed by atoms with E-state index in [0.717, 1.165) is 25.7 Å². The van der Waals surface area contributed by atoms with E-state index in [2.05, 4.69) is 9.97 Å². The molecule has 2 bridgehead atoms. The van der Waals surface area contributed by atoms with Crippen molar-refractivity contribution < 1.29 is 4.79 Å². The van der Waals surface area contributed by atoms with Gasteiger partial charge in [-0.3, -0.25) is 18.7 Å². The zero-order chi connectivity index (χ0) is 17.7. The van der Waals surface area contributed by atoms with E-state index in [1.165, 1.54) is 4.57 Å². The summed E-state index contributed by atoms with van der Waals surface area (Å²) in [5.74, 6) is 1.45. The van der Waals surface area contributed by atoms with Crippen molar-refractivity contribution in [3.8, 4) is 0 Å². The summed E-state index contributed by atoms with van der Waals surface area (Å²) in [5, 5.41) is 0. The quantitative estimate of drug-likeness (QED) is 0.895. The lowest BCUT2D eigenvalue weighted by molar-refractivity contribution is -0.121. The maximum Gasteiger partial charge on any atom is 0.332 e. The van der Waals surface area contributed by atoms with E-state index in [9.17, 15) is 14.4 Å². The maximum atomic E-state index is 12.8. The highest BCUT2D eigenvalue weighted by molar-refractivity contribution is 5.86. The van der Waals surface area contributed by atoms with Crippen molar-refractivity contribution in [3.63, 3.8) is 0 Å². The number of aromatic amines is 1. The Hall–Kier alpha value is -2.18. The second-order valence-electron chi connectivity index (χ2n) is 7.35. The fourth-order valence-corrected chi connectivity index (χ4v) is 4.68. The van der Waals surface area contributed by atoms with Crippen LogP contribution in [0, 0.1) is 11.8 Å². The number of hydrogen-bond donors (Lipinski definition) is 1. The highest BCUT2D eigenvalue weighted by Gasteiger charge is 2.49. The second-order valence-corrected chi connectivity index (χ2v) is 7.35. The lowest BCUT2D eigenvalue weighted by Gasteiger charge is -2.10. The maximum absolute atomic E-state index is 12.8. The number of carbonyl (C=O) groups is 1. The van der Waals surface area contributed by atoms with Crippen molar-refractivity contribution >= 4 is 16.9 Å². The number of hydrogen-bond acceptors (Lipinski definition) is 4. The number of aryl methyl sites for hydroxylation is 1. The van der Waals surface area contributed by atoms with E-state index >= 15 is 0 Å². The van der Waals surface area contributed by atoms with Crippen molar-refractivity contribution in [2.45, 2.75) is 65.0 Å². The van der Waals surface area contributed by atoms with Gasteiger partial charge in [0.1, 0.15) is 17.1 Å². The molecule has 2 aromatic heterocycles. The van der Waals surface area contributed by atoms with Crippen LogP contribution in [0.15, 0.2) is 9.59 Å². The summed E-state index contributed by atoms with van der Waals surface area (Å²) in [7, 11) is 0. The predicted octanol–water partition coefficient (Wildman–Crippen LogP) is 1.79. The number of ketones is 1. The SMILES string of the molecule is CCCn1c(=O)c2[nH]c(C3C4CCC3C(=O)C4)nc2n(CCC)c1=O. The molecule has 2 heterocycles. The first kappa shape index (κ1) is 16.3. The lowest BCUT2D eigenvalue weighted by Crippen LogP contribution is -2.40. The van der Waals surface area contributed by atoms with Crippen LogP contribution in [0.5, 0.6) is 0 Å². The van der Waals surface area contributed by atoms with Crippen molar-refractivity contribution in [3.05, 3.63) is 26.7 Å². The first-order valence-electron chi connectivity index (χ1n) is 9.32. The summed E-state index contributed by atoms with van der Waals surface area (Å²) in [6.45, 7) is 4.87. The van der Waals surface area contributed by atoms with E-state index in [4.69, 9.17) is 0 Å². The van der Waals surface area contributed by atoms with Gasteiger partial charge in [-0.15, -0.1) is 0 Å². The van der Waals surface area contributed by atoms with Crippen LogP contribution in [0.25, 0.3) is 11.2 Å². The number of aromatic nitrogens is 4. The first-order valence-corrected chi connectivity index (χ1v) is 9.32. The number of rotatable bonds is 5. The third-order valence-electron chi connectivity index (χ3n) is 5.76. The van der Waals surface area contributed by atoms with Gasteiger partial charge in [0.2, 0.25) is 0 Å². The van der Waals surface area contributed by atoms with Gasteiger partial charge in [-0.05, 0) is 31.6 Å². The van der Waals surface area contributed by atoms with Crippen molar-refractivity contribution in [2.75, 3.05) is 0 Å². The van der Waals surface area contributed by atoms with Gasteiger partial charge in [0.25, 0.3) is 5.56 Å². The van der Waals surface area contributed by atoms with E-state index in [0.29, 0.717) is 48.2 Å². The summed E-state index contributed by atoms with van der Waals surface area (Å²) in [4.78, 5) is 45.5. The molecule has 0 aromatic carbocycles. The highest BCUT2D eigenvalue weighted by Crippen LogP contribution is 2.51. The molecule has 7 heteroatoms. The van der Waals surface area contributed by atoms with Crippen LogP contribution in [0.4, 0.5) is 0 Å². The first-order chi connectivity index (χ1) is 12.1. The van der Waals surface area contributed by atoms with Crippen LogP contribution < -0.4 is 11.2 Å². The monoisotopic (exact) mass is 344 g/mol. The Bertz CT molecular complexity index is 952. The summed E-state index contributed by atoms with van der Waals surface area (Å²) in [6, 6.07) is 0. The van der Waals surface area contributed by atoms with Crippen LogP contribution in [0.2, 0.25) is 0 Å². The molecule has 2 aliphatic carbocycles. The molecule has 3 unspecified atom stereocenters. The number of nitrogens with zero attached hydrogens (tertiary/aromatic N) is 3. The van der Waals surface area contributed by atoms with E-state index in [-0.39, 0.29) is 23.1 Å². The Labute approximate surface area is 145 Å². The lowest BCUT2D eigenvalue weighted by atomic mass is 9.97. The van der Waals surface area contributed by atoms with Gasteiger partial charge in [0.05, 0.1) is 0 Å². The van der Waals surface area contributed by atoms with Crippen LogP contribution in [0.3, 0.4) is 0 Å². The molecule has 2 fully saturated rings. The molecular formula is C18H24N4O3. The fraction of sp³-hybridized carbons (Fsp3) is 0.667. The molecule has 1 N–H and O–H groups in total. The third-order valence-corrected chi connectivity index (χ3v) is 5.76. The van der Waals surface area contributed by atoms with Gasteiger partial charge in [-0.2, -0.15) is 0 Å². The van der Waals surface area contributed by atoms with E-state index in [1.54, 1.807) is 4.57 Å². The molecule has 4 rings (SSSR count). The molecular weight excluding hydrogens is 320 g/mol. The Balaban J connectivity index is 1.92. The normalized spacial score (nSPS) is 25.4. The fourth-order valence-electron chi connectivity index (χ4n) is 4.68. The minimum Gasteiger partial charge on any atom is -0.336 e. The van der Waals surface area contributed by atoms with Crippen molar-refractivity contribution in [1.29, 1.82) is 0 Å². The molecule has 3 atom stereocenters. The van der Waals surface area contributed by atoms with Crippen LogP contribution in [0.1, 0.15) is 57.7 Å². The molecule has 134 valence electrons. The molecule has 0 saturated heterocycles. The van der Waals surface area contributed by atoms with Crippen LogP contribution in [-0.2, 0) is 17.9 Å². The van der Waals surface area contributed by atoms with E-state index < -0.39 is 0 Å². The minimum absolute atomic E-state index is 0.0229. The summed E-state index contributed by atoms with van der Waals surface area (Å²) in [6.07, 6.45) is 4.07. The van der Waals surface area contributed by atoms with Gasteiger partial charge < -0.3 is 4.98 Å². The number of carbonyl (C=O) groups excluding carboxylic acids is 1. The molecule has 0 aliphatic heterocycles. The zero-order valence-electron chi connectivity index (χ0n) is 14.7. The summed E-state index contributed by atoms with van der Waals surface area (Å²) in [5.41, 5.74) is 0.252. The number of H-pyrrole nitrogens is 1. The average molecular weight is 344 g/mol. The number of fused-ring (bicyclic) bond motifs is 3. The highest BCUT2D eigenvalue weighted by atomic mass is 16.2. The number of nitrogens with one attached hydrogen (secondary N) is 1. The topological polar surface area (TPSA) is 89.8 Å². The third kappa shape index (κ3) is 2.32. The Kier molecular flexibility index (Phi) is 3.89. The second kappa shape index (κ2) is 5.97. The molecule has 7 nitrogen and oxygen atoms in total. The molecule has 2 aliphatic rings. The van der Waals surface area contributed by atoms with E-state index in [1.807, 2.05) is 13.8 Å². The predicted molar refractivity (Wildman–Crippen MR) is 93.8 cm³/mol. The average Bonchev–Trinajstić information content (AvgIpc) is 3.26. The molecule has 2 aromatic rings. The molecule has 0 amide bonds. The molecule has 0 spiro atoms. The zero-order valence-corrected chi connectivity index (χ0v) is 14.7. The smallest absolute Gasteiger partial charge is 0.332 e. The summed E-state index contributed by atoms with van der Waals surface area (Å²) < 4.78 is 2.90. The Morgan fingerprint density at radius 3 is 2.40 bits per heavy atom. The van der Waals surface area contributed by atoms with Crippen LogP contribution >= 0.6 is 0 Å². The Morgan fingerprint density at radius 1 is 1.08 bits per heavy atom. The van der Waals surface area contributed by atoms with Gasteiger partial charge in [-0.25, -0.2) is 9.78 Å².